The first kappa shape index (κ1) is 15.5. The molecule has 2 aromatic carbocycles. The van der Waals surface area contributed by atoms with E-state index < -0.39 is 11.7 Å². The minimum Gasteiger partial charge on any atom is -0.200 e. The van der Waals surface area contributed by atoms with Crippen molar-refractivity contribution in [2.24, 2.45) is 7.05 Å². The van der Waals surface area contributed by atoms with Crippen LogP contribution in [0.3, 0.4) is 0 Å². The monoisotopic (exact) mass is 316 g/mol. The maximum Gasteiger partial charge on any atom is 0.422 e. The molecule has 118 valence electrons. The maximum atomic E-state index is 13.4. The largest absolute Gasteiger partial charge is 0.422 e. The first-order valence-electron chi connectivity index (χ1n) is 7.35. The predicted molar refractivity (Wildman–Crippen MR) is 85.0 cm³/mol. The summed E-state index contributed by atoms with van der Waals surface area (Å²) in [4.78, 5) is 0. The van der Waals surface area contributed by atoms with Crippen LogP contribution in [-0.2, 0) is 13.2 Å². The molecule has 3 aromatic rings. The van der Waals surface area contributed by atoms with Gasteiger partial charge < -0.3 is 0 Å². The zero-order chi connectivity index (χ0) is 16.8. The molecule has 1 aromatic heterocycles. The summed E-state index contributed by atoms with van der Waals surface area (Å²) < 4.78 is 41.7. The number of pyridine rings is 1. The van der Waals surface area contributed by atoms with Gasteiger partial charge in [0.2, 0.25) is 5.69 Å². The van der Waals surface area contributed by atoms with Crippen LogP contribution in [0.2, 0.25) is 0 Å². The Morgan fingerprint density at radius 1 is 0.913 bits per heavy atom. The fourth-order valence-corrected chi connectivity index (χ4v) is 2.99. The molecule has 3 rings (SSSR count). The minimum atomic E-state index is -4.38. The molecule has 0 fully saturated rings. The molecule has 0 aliphatic carbocycles. The molecule has 0 amide bonds. The van der Waals surface area contributed by atoms with E-state index in [9.17, 15) is 13.2 Å². The molecular weight excluding hydrogens is 299 g/mol. The summed E-state index contributed by atoms with van der Waals surface area (Å²) in [6.07, 6.45) is -3.20. The Hall–Kier alpha value is -2.36. The molecule has 0 spiro atoms. The van der Waals surface area contributed by atoms with Gasteiger partial charge >= 0.3 is 6.18 Å². The number of hydrogen-bond acceptors (Lipinski definition) is 0. The number of alkyl halides is 3. The molecule has 1 nitrogen and oxygen atoms in total. The Morgan fingerprint density at radius 3 is 2.22 bits per heavy atom. The molecule has 1 heterocycles. The van der Waals surface area contributed by atoms with Crippen LogP contribution < -0.4 is 4.57 Å². The van der Waals surface area contributed by atoms with Gasteiger partial charge in [-0.1, -0.05) is 35.9 Å². The highest BCUT2D eigenvalue weighted by atomic mass is 19.4. The molecule has 23 heavy (non-hydrogen) atoms. The van der Waals surface area contributed by atoms with Crippen molar-refractivity contribution < 1.29 is 17.7 Å². The average molecular weight is 316 g/mol. The second-order valence-corrected chi connectivity index (χ2v) is 5.86. The van der Waals surface area contributed by atoms with E-state index in [1.54, 1.807) is 29.8 Å². The van der Waals surface area contributed by atoms with Crippen molar-refractivity contribution in [1.29, 1.82) is 0 Å². The third kappa shape index (κ3) is 2.69. The van der Waals surface area contributed by atoms with Crippen LogP contribution in [0.15, 0.2) is 48.7 Å². The number of hydrogen-bond donors (Lipinski definition) is 0. The number of benzene rings is 2. The molecule has 0 aliphatic heterocycles. The van der Waals surface area contributed by atoms with E-state index in [1.807, 2.05) is 32.0 Å². The van der Waals surface area contributed by atoms with Crippen LogP contribution >= 0.6 is 0 Å². The van der Waals surface area contributed by atoms with Crippen molar-refractivity contribution >= 4 is 10.8 Å². The first-order valence-corrected chi connectivity index (χ1v) is 7.35. The lowest BCUT2D eigenvalue weighted by Crippen LogP contribution is -2.33. The number of aromatic nitrogens is 1. The lowest BCUT2D eigenvalue weighted by atomic mass is 9.96. The lowest BCUT2D eigenvalue weighted by molar-refractivity contribution is -0.660. The highest BCUT2D eigenvalue weighted by Gasteiger charge is 2.37. The van der Waals surface area contributed by atoms with Crippen LogP contribution in [0.5, 0.6) is 0 Å². The quantitative estimate of drug-likeness (QED) is 0.558. The van der Waals surface area contributed by atoms with E-state index >= 15 is 0 Å². The topological polar surface area (TPSA) is 3.88 Å². The third-order valence-electron chi connectivity index (χ3n) is 4.10. The third-order valence-corrected chi connectivity index (χ3v) is 4.10. The van der Waals surface area contributed by atoms with Crippen molar-refractivity contribution in [3.8, 4) is 11.3 Å². The smallest absolute Gasteiger partial charge is 0.200 e. The number of nitrogens with zero attached hydrogens (tertiary/aromatic N) is 1. The van der Waals surface area contributed by atoms with Crippen molar-refractivity contribution in [2.75, 3.05) is 0 Å². The van der Waals surface area contributed by atoms with Crippen molar-refractivity contribution in [1.82, 2.24) is 0 Å². The Morgan fingerprint density at radius 2 is 1.57 bits per heavy atom. The summed E-state index contributed by atoms with van der Waals surface area (Å²) in [6.45, 7) is 3.95. The highest BCUT2D eigenvalue weighted by Crippen LogP contribution is 2.37. The minimum absolute atomic E-state index is 0.231. The molecular formula is C19H17F3N+. The fourth-order valence-electron chi connectivity index (χ4n) is 2.99. The van der Waals surface area contributed by atoms with E-state index in [-0.39, 0.29) is 5.39 Å². The van der Waals surface area contributed by atoms with E-state index in [1.165, 1.54) is 12.3 Å². The average Bonchev–Trinajstić information content (AvgIpc) is 2.48. The van der Waals surface area contributed by atoms with Crippen LogP contribution in [0.1, 0.15) is 16.7 Å². The summed E-state index contributed by atoms with van der Waals surface area (Å²) in [7, 11) is 1.67. The Labute approximate surface area is 133 Å². The molecule has 0 bridgehead atoms. The molecule has 0 saturated carbocycles. The van der Waals surface area contributed by atoms with E-state index in [2.05, 4.69) is 0 Å². The van der Waals surface area contributed by atoms with Gasteiger partial charge in [0.25, 0.3) is 0 Å². The van der Waals surface area contributed by atoms with Gasteiger partial charge in [-0.15, -0.1) is 0 Å². The van der Waals surface area contributed by atoms with Crippen molar-refractivity contribution in [2.45, 2.75) is 20.0 Å². The van der Waals surface area contributed by atoms with Gasteiger partial charge in [0, 0.05) is 10.9 Å². The van der Waals surface area contributed by atoms with Crippen molar-refractivity contribution in [3.05, 3.63) is 65.4 Å². The summed E-state index contributed by atoms with van der Waals surface area (Å²) in [5.74, 6) is 0. The van der Waals surface area contributed by atoms with E-state index in [0.717, 1.165) is 22.4 Å². The molecule has 0 saturated heterocycles. The second kappa shape index (κ2) is 5.37. The van der Waals surface area contributed by atoms with Crippen LogP contribution in [0, 0.1) is 13.8 Å². The fraction of sp³-hybridized carbons (Fsp3) is 0.211. The SMILES string of the molecule is Cc1ccc(C)c(-c2c3ccccc3c(C(F)(F)F)c[n+]2C)c1. The van der Waals surface area contributed by atoms with E-state index in [0.29, 0.717) is 5.39 Å². The molecule has 0 radical (unpaired) electrons. The van der Waals surface area contributed by atoms with Gasteiger partial charge in [0.05, 0.1) is 5.39 Å². The van der Waals surface area contributed by atoms with Gasteiger partial charge in [-0.05, 0) is 31.5 Å². The first-order chi connectivity index (χ1) is 10.8. The number of rotatable bonds is 1. The Kier molecular flexibility index (Phi) is 3.63. The zero-order valence-corrected chi connectivity index (χ0v) is 13.2. The predicted octanol–water partition coefficient (Wildman–Crippen LogP) is 4.97. The van der Waals surface area contributed by atoms with Gasteiger partial charge in [-0.3, -0.25) is 0 Å². The Bertz CT molecular complexity index is 895. The van der Waals surface area contributed by atoms with Crippen molar-refractivity contribution in [3.63, 3.8) is 0 Å². The molecule has 0 atom stereocenters. The van der Waals surface area contributed by atoms with Crippen LogP contribution in [0.25, 0.3) is 22.0 Å². The molecule has 4 heteroatoms. The highest BCUT2D eigenvalue weighted by molar-refractivity contribution is 5.95. The molecule has 0 aliphatic rings. The second-order valence-electron chi connectivity index (χ2n) is 5.86. The van der Waals surface area contributed by atoms with Gasteiger partial charge in [0.15, 0.2) is 6.20 Å². The molecule has 0 N–H and O–H groups in total. The van der Waals surface area contributed by atoms with Crippen LogP contribution in [-0.4, -0.2) is 0 Å². The van der Waals surface area contributed by atoms with Gasteiger partial charge in [0.1, 0.15) is 12.6 Å². The maximum absolute atomic E-state index is 13.4. The van der Waals surface area contributed by atoms with Gasteiger partial charge in [-0.25, -0.2) is 0 Å². The van der Waals surface area contributed by atoms with E-state index in [4.69, 9.17) is 0 Å². The number of fused-ring (bicyclic) bond motifs is 1. The number of aryl methyl sites for hydroxylation is 3. The standard InChI is InChI=1S/C19H17F3N/c1-12-8-9-13(2)16(10-12)18-15-7-5-4-6-14(15)17(11-23(18)3)19(20,21)22/h4-11H,1-3H3/q+1. The lowest BCUT2D eigenvalue weighted by Gasteiger charge is -2.13. The normalized spacial score (nSPS) is 11.9. The summed E-state index contributed by atoms with van der Waals surface area (Å²) in [6, 6.07) is 12.7. The summed E-state index contributed by atoms with van der Waals surface area (Å²) in [5, 5.41) is 0.840. The number of halogens is 3. The Balaban J connectivity index is 2.44. The molecule has 0 unspecified atom stereocenters. The summed E-state index contributed by atoms with van der Waals surface area (Å²) >= 11 is 0. The van der Waals surface area contributed by atoms with Gasteiger partial charge in [-0.2, -0.15) is 17.7 Å². The zero-order valence-electron chi connectivity index (χ0n) is 13.2. The van der Waals surface area contributed by atoms with Crippen LogP contribution in [0.4, 0.5) is 13.2 Å². The summed E-state index contributed by atoms with van der Waals surface area (Å²) in [5.41, 5.74) is 3.27.